The van der Waals surface area contributed by atoms with E-state index in [1.807, 2.05) is 13.8 Å². The van der Waals surface area contributed by atoms with Gasteiger partial charge in [-0.2, -0.15) is 12.6 Å². The van der Waals surface area contributed by atoms with Gasteiger partial charge in [-0.05, 0) is 32.3 Å². The number of hydrogen-bond donors (Lipinski definition) is 1. The van der Waals surface area contributed by atoms with Crippen molar-refractivity contribution in [3.63, 3.8) is 0 Å². The molecule has 0 aromatic carbocycles. The van der Waals surface area contributed by atoms with E-state index in [9.17, 15) is 0 Å². The summed E-state index contributed by atoms with van der Waals surface area (Å²) < 4.78 is 0. The van der Waals surface area contributed by atoms with Crippen LogP contribution in [0, 0.1) is 0 Å². The highest BCUT2D eigenvalue weighted by molar-refractivity contribution is 7.81. The molecule has 0 nitrogen and oxygen atoms in total. The molecular weight excluding hydrogens is 211 g/mol. The molecule has 1 unspecified atom stereocenters. The molecule has 0 amide bonds. The minimum absolute atomic E-state index is 0.125. The lowest BCUT2D eigenvalue weighted by Crippen LogP contribution is -2.06. The molecule has 0 aliphatic heterocycles. The standard InChI is InChI=1S/C9H12Cl2S/c1-5-3-4-7(10)8(6(2)12)9(5)11/h6,12H,3-4H2,1-2H3. The Balaban J connectivity index is 3.07. The van der Waals surface area contributed by atoms with Crippen LogP contribution in [0.5, 0.6) is 0 Å². The van der Waals surface area contributed by atoms with Gasteiger partial charge in [0.15, 0.2) is 0 Å². The number of thiol groups is 1. The highest BCUT2D eigenvalue weighted by Gasteiger charge is 2.19. The summed E-state index contributed by atoms with van der Waals surface area (Å²) in [5.41, 5.74) is 2.22. The van der Waals surface area contributed by atoms with Gasteiger partial charge in [0.05, 0.1) is 0 Å². The van der Waals surface area contributed by atoms with Crippen molar-refractivity contribution in [2.45, 2.75) is 31.9 Å². The lowest BCUT2D eigenvalue weighted by Gasteiger charge is -2.20. The largest absolute Gasteiger partial charge is 0.171 e. The lowest BCUT2D eigenvalue weighted by atomic mass is 9.98. The summed E-state index contributed by atoms with van der Waals surface area (Å²) in [4.78, 5) is 0. The predicted molar refractivity (Wildman–Crippen MR) is 59.1 cm³/mol. The molecule has 3 heteroatoms. The Morgan fingerprint density at radius 1 is 1.33 bits per heavy atom. The topological polar surface area (TPSA) is 0 Å². The van der Waals surface area contributed by atoms with Crippen molar-refractivity contribution in [1.82, 2.24) is 0 Å². The van der Waals surface area contributed by atoms with Crippen LogP contribution in [0.2, 0.25) is 0 Å². The van der Waals surface area contributed by atoms with E-state index in [0.29, 0.717) is 0 Å². The zero-order valence-corrected chi connectivity index (χ0v) is 9.60. The molecule has 0 aromatic rings. The molecule has 68 valence electrons. The second kappa shape index (κ2) is 4.08. The summed E-state index contributed by atoms with van der Waals surface area (Å²) in [7, 11) is 0. The lowest BCUT2D eigenvalue weighted by molar-refractivity contribution is 0.906. The SMILES string of the molecule is CC1=C(Cl)C(C(C)S)=C(Cl)CC1. The van der Waals surface area contributed by atoms with Crippen molar-refractivity contribution < 1.29 is 0 Å². The first-order valence-electron chi connectivity index (χ1n) is 3.96. The monoisotopic (exact) mass is 222 g/mol. The van der Waals surface area contributed by atoms with Gasteiger partial charge in [-0.1, -0.05) is 28.8 Å². The summed E-state index contributed by atoms with van der Waals surface area (Å²) in [6.45, 7) is 4.03. The average Bonchev–Trinajstić information content (AvgIpc) is 1.97. The number of halogens is 2. The van der Waals surface area contributed by atoms with Gasteiger partial charge in [0.2, 0.25) is 0 Å². The zero-order valence-electron chi connectivity index (χ0n) is 7.19. The van der Waals surface area contributed by atoms with Gasteiger partial charge >= 0.3 is 0 Å². The van der Waals surface area contributed by atoms with E-state index in [1.54, 1.807) is 0 Å². The first-order valence-corrected chi connectivity index (χ1v) is 5.23. The van der Waals surface area contributed by atoms with Crippen molar-refractivity contribution in [3.8, 4) is 0 Å². The number of hydrogen-bond acceptors (Lipinski definition) is 1. The fourth-order valence-corrected chi connectivity index (χ4v) is 2.51. The van der Waals surface area contributed by atoms with Gasteiger partial charge in [0.25, 0.3) is 0 Å². The van der Waals surface area contributed by atoms with Crippen LogP contribution in [0.25, 0.3) is 0 Å². The summed E-state index contributed by atoms with van der Waals surface area (Å²) in [6.07, 6.45) is 1.88. The molecule has 0 N–H and O–H groups in total. The summed E-state index contributed by atoms with van der Waals surface area (Å²) in [5, 5.41) is 1.81. The van der Waals surface area contributed by atoms with E-state index in [0.717, 1.165) is 28.5 Å². The third kappa shape index (κ3) is 2.01. The smallest absolute Gasteiger partial charge is 0.0450 e. The van der Waals surface area contributed by atoms with E-state index in [2.05, 4.69) is 12.6 Å². The van der Waals surface area contributed by atoms with E-state index in [4.69, 9.17) is 23.2 Å². The number of allylic oxidation sites excluding steroid dienone is 3. The molecule has 1 rings (SSSR count). The molecule has 0 saturated carbocycles. The fraction of sp³-hybridized carbons (Fsp3) is 0.556. The second-order valence-electron chi connectivity index (χ2n) is 3.09. The average molecular weight is 223 g/mol. The number of rotatable bonds is 1. The maximum absolute atomic E-state index is 6.11. The summed E-state index contributed by atoms with van der Waals surface area (Å²) >= 11 is 16.5. The van der Waals surface area contributed by atoms with E-state index >= 15 is 0 Å². The van der Waals surface area contributed by atoms with Crippen LogP contribution in [0.3, 0.4) is 0 Å². The van der Waals surface area contributed by atoms with Crippen LogP contribution in [0.15, 0.2) is 21.2 Å². The molecule has 1 aliphatic rings. The van der Waals surface area contributed by atoms with Crippen molar-refractivity contribution in [1.29, 1.82) is 0 Å². The Kier molecular flexibility index (Phi) is 3.57. The minimum atomic E-state index is 0.125. The minimum Gasteiger partial charge on any atom is -0.171 e. The van der Waals surface area contributed by atoms with Gasteiger partial charge < -0.3 is 0 Å². The highest BCUT2D eigenvalue weighted by Crippen LogP contribution is 2.37. The maximum atomic E-state index is 6.11. The van der Waals surface area contributed by atoms with Crippen LogP contribution in [0.4, 0.5) is 0 Å². The first-order chi connectivity index (χ1) is 5.54. The maximum Gasteiger partial charge on any atom is 0.0450 e. The third-order valence-corrected chi connectivity index (χ3v) is 3.22. The first kappa shape index (κ1) is 10.5. The van der Waals surface area contributed by atoms with Gasteiger partial charge in [-0.15, -0.1) is 0 Å². The van der Waals surface area contributed by atoms with Crippen LogP contribution in [-0.2, 0) is 0 Å². The van der Waals surface area contributed by atoms with Gasteiger partial charge in [-0.3, -0.25) is 0 Å². The summed E-state index contributed by atoms with van der Waals surface area (Å²) in [5.74, 6) is 0. The third-order valence-electron chi connectivity index (χ3n) is 2.04. The Morgan fingerprint density at radius 3 is 2.33 bits per heavy atom. The zero-order chi connectivity index (χ0) is 9.30. The van der Waals surface area contributed by atoms with Crippen LogP contribution in [-0.4, -0.2) is 5.25 Å². The van der Waals surface area contributed by atoms with Gasteiger partial charge in [0.1, 0.15) is 0 Å². The molecule has 12 heavy (non-hydrogen) atoms. The van der Waals surface area contributed by atoms with Crippen molar-refractivity contribution in [2.24, 2.45) is 0 Å². The molecule has 0 heterocycles. The van der Waals surface area contributed by atoms with Crippen molar-refractivity contribution in [3.05, 3.63) is 21.2 Å². The highest BCUT2D eigenvalue weighted by atomic mass is 35.5. The van der Waals surface area contributed by atoms with E-state index in [-0.39, 0.29) is 5.25 Å². The Morgan fingerprint density at radius 2 is 1.92 bits per heavy atom. The summed E-state index contributed by atoms with van der Waals surface area (Å²) in [6, 6.07) is 0. The second-order valence-corrected chi connectivity index (χ2v) is 4.70. The fourth-order valence-electron chi connectivity index (χ4n) is 1.30. The molecule has 0 aromatic heterocycles. The molecule has 0 saturated heterocycles. The molecule has 1 aliphatic carbocycles. The van der Waals surface area contributed by atoms with Crippen molar-refractivity contribution in [2.75, 3.05) is 0 Å². The molecule has 0 radical (unpaired) electrons. The Bertz CT molecular complexity index is 251. The quantitative estimate of drug-likeness (QED) is 0.635. The Hall–Kier alpha value is 0.410. The van der Waals surface area contributed by atoms with E-state index < -0.39 is 0 Å². The normalized spacial score (nSPS) is 21.8. The predicted octanol–water partition coefficient (Wildman–Crippen LogP) is 4.10. The van der Waals surface area contributed by atoms with Crippen LogP contribution >= 0.6 is 35.8 Å². The molecule has 0 spiro atoms. The van der Waals surface area contributed by atoms with E-state index in [1.165, 1.54) is 5.57 Å². The van der Waals surface area contributed by atoms with Gasteiger partial charge in [-0.25, -0.2) is 0 Å². The van der Waals surface area contributed by atoms with Crippen molar-refractivity contribution >= 4 is 35.8 Å². The molecule has 1 atom stereocenters. The molecular formula is C9H12Cl2S. The molecule has 0 bridgehead atoms. The van der Waals surface area contributed by atoms with Crippen LogP contribution < -0.4 is 0 Å². The van der Waals surface area contributed by atoms with Gasteiger partial charge in [0, 0.05) is 15.3 Å². The Labute approximate surface area is 89.0 Å². The van der Waals surface area contributed by atoms with Crippen LogP contribution in [0.1, 0.15) is 26.7 Å². The molecule has 0 fully saturated rings.